The van der Waals surface area contributed by atoms with Gasteiger partial charge in [0.15, 0.2) is 6.29 Å². The molecule has 1 fully saturated rings. The van der Waals surface area contributed by atoms with Crippen molar-refractivity contribution in [2.75, 3.05) is 19.8 Å². The molecule has 0 saturated carbocycles. The SMILES string of the molecule is CC(=O)N[C@@H]1[C@@H](OCCCCCNC(=O)CCC2=C(C)C(=O)OC2=O)O[C@@H](CO)[C@@H](O)[C@H]1O. The fourth-order valence-corrected chi connectivity index (χ4v) is 3.56. The number of carbonyl (C=O) groups is 4. The number of hydrogen-bond acceptors (Lipinski definition) is 10. The van der Waals surface area contributed by atoms with Gasteiger partial charge in [0.05, 0.1) is 6.61 Å². The number of nitrogens with one attached hydrogen (secondary N) is 2. The Labute approximate surface area is 191 Å². The second-order valence-corrected chi connectivity index (χ2v) is 7.99. The van der Waals surface area contributed by atoms with Gasteiger partial charge in [-0.05, 0) is 32.6 Å². The summed E-state index contributed by atoms with van der Waals surface area (Å²) in [5, 5.41) is 34.7. The van der Waals surface area contributed by atoms with Gasteiger partial charge in [0, 0.05) is 37.6 Å². The van der Waals surface area contributed by atoms with Crippen LogP contribution < -0.4 is 10.6 Å². The third kappa shape index (κ3) is 7.57. The molecule has 2 heterocycles. The van der Waals surface area contributed by atoms with Crippen molar-refractivity contribution in [2.24, 2.45) is 0 Å². The van der Waals surface area contributed by atoms with Crippen LogP contribution in [0.5, 0.6) is 0 Å². The normalized spacial score (nSPS) is 27.5. The second kappa shape index (κ2) is 12.8. The van der Waals surface area contributed by atoms with E-state index in [1.54, 1.807) is 0 Å². The molecule has 0 aliphatic carbocycles. The minimum atomic E-state index is -1.37. The van der Waals surface area contributed by atoms with Gasteiger partial charge in [-0.2, -0.15) is 0 Å². The van der Waals surface area contributed by atoms with Crippen LogP contribution in [-0.2, 0) is 33.4 Å². The van der Waals surface area contributed by atoms with Crippen LogP contribution in [0.25, 0.3) is 0 Å². The number of rotatable bonds is 12. The number of hydrogen-bond donors (Lipinski definition) is 5. The molecule has 1 saturated heterocycles. The van der Waals surface area contributed by atoms with Crippen LogP contribution in [0.3, 0.4) is 0 Å². The maximum Gasteiger partial charge on any atom is 0.342 e. The quantitative estimate of drug-likeness (QED) is 0.126. The molecule has 12 nitrogen and oxygen atoms in total. The van der Waals surface area contributed by atoms with Crippen LogP contribution in [0.15, 0.2) is 11.1 Å². The van der Waals surface area contributed by atoms with Gasteiger partial charge in [-0.25, -0.2) is 9.59 Å². The van der Waals surface area contributed by atoms with Crippen molar-refractivity contribution in [1.29, 1.82) is 0 Å². The molecule has 5 N–H and O–H groups in total. The molecule has 186 valence electrons. The van der Waals surface area contributed by atoms with Crippen LogP contribution in [0, 0.1) is 0 Å². The number of unbranched alkanes of at least 4 members (excludes halogenated alkanes) is 2. The zero-order chi connectivity index (χ0) is 24.5. The lowest BCUT2D eigenvalue weighted by Gasteiger charge is -2.42. The van der Waals surface area contributed by atoms with Gasteiger partial charge in [0.25, 0.3) is 0 Å². The lowest BCUT2D eigenvalue weighted by Crippen LogP contribution is -2.64. The summed E-state index contributed by atoms with van der Waals surface area (Å²) in [6, 6.07) is -0.981. The Kier molecular flexibility index (Phi) is 10.4. The van der Waals surface area contributed by atoms with E-state index in [1.807, 2.05) is 0 Å². The van der Waals surface area contributed by atoms with Crippen molar-refractivity contribution in [3.8, 4) is 0 Å². The van der Waals surface area contributed by atoms with Crippen LogP contribution >= 0.6 is 0 Å². The first-order valence-corrected chi connectivity index (χ1v) is 10.9. The fourth-order valence-electron chi connectivity index (χ4n) is 3.56. The van der Waals surface area contributed by atoms with Gasteiger partial charge in [0.2, 0.25) is 11.8 Å². The summed E-state index contributed by atoms with van der Waals surface area (Å²) in [6.07, 6.45) is -2.60. The predicted octanol–water partition coefficient (Wildman–Crippen LogP) is -1.59. The van der Waals surface area contributed by atoms with Crippen molar-refractivity contribution in [3.63, 3.8) is 0 Å². The zero-order valence-corrected chi connectivity index (χ0v) is 18.7. The molecular weight excluding hydrogens is 440 g/mol. The van der Waals surface area contributed by atoms with Gasteiger partial charge in [-0.15, -0.1) is 0 Å². The van der Waals surface area contributed by atoms with Crippen molar-refractivity contribution in [1.82, 2.24) is 10.6 Å². The highest BCUT2D eigenvalue weighted by Gasteiger charge is 2.45. The Morgan fingerprint density at radius 1 is 1.09 bits per heavy atom. The summed E-state index contributed by atoms with van der Waals surface area (Å²) < 4.78 is 15.6. The molecule has 0 aromatic heterocycles. The second-order valence-electron chi connectivity index (χ2n) is 7.99. The van der Waals surface area contributed by atoms with E-state index in [9.17, 15) is 34.5 Å². The van der Waals surface area contributed by atoms with Crippen LogP contribution in [0.4, 0.5) is 0 Å². The maximum atomic E-state index is 11.9. The molecule has 0 radical (unpaired) electrons. The lowest BCUT2D eigenvalue weighted by molar-refractivity contribution is -0.270. The molecule has 2 aliphatic heterocycles. The number of aliphatic hydroxyl groups excluding tert-OH is 3. The molecule has 2 amide bonds. The summed E-state index contributed by atoms with van der Waals surface area (Å²) in [5.74, 6) is -2.03. The van der Waals surface area contributed by atoms with E-state index < -0.39 is 55.1 Å². The Morgan fingerprint density at radius 3 is 2.42 bits per heavy atom. The predicted molar refractivity (Wildman–Crippen MR) is 111 cm³/mol. The smallest absolute Gasteiger partial charge is 0.342 e. The summed E-state index contributed by atoms with van der Waals surface area (Å²) >= 11 is 0. The van der Waals surface area contributed by atoms with E-state index in [1.165, 1.54) is 13.8 Å². The third-order valence-corrected chi connectivity index (χ3v) is 5.47. The maximum absolute atomic E-state index is 11.9. The Morgan fingerprint density at radius 2 is 1.82 bits per heavy atom. The van der Waals surface area contributed by atoms with Gasteiger partial charge in [-0.3, -0.25) is 9.59 Å². The van der Waals surface area contributed by atoms with Gasteiger partial charge >= 0.3 is 11.9 Å². The highest BCUT2D eigenvalue weighted by molar-refractivity contribution is 6.12. The molecule has 33 heavy (non-hydrogen) atoms. The van der Waals surface area contributed by atoms with Crippen LogP contribution in [0.2, 0.25) is 0 Å². The largest absolute Gasteiger partial charge is 0.394 e. The highest BCUT2D eigenvalue weighted by Crippen LogP contribution is 2.23. The van der Waals surface area contributed by atoms with Gasteiger partial charge in [0.1, 0.15) is 24.4 Å². The standard InChI is InChI=1S/C21H32N2O10/c1-11-13(20(30)33-19(11)29)6-7-15(26)22-8-4-3-5-9-31-21-16(23-12(2)25)18(28)17(27)14(10-24)32-21/h14,16-18,21,24,27-28H,3-10H2,1-2H3,(H,22,26)(H,23,25)/t14-,16-,17+,18-,21-/m0/s1. The van der Waals surface area contributed by atoms with E-state index in [2.05, 4.69) is 15.4 Å². The Hall–Kier alpha value is -2.38. The minimum Gasteiger partial charge on any atom is -0.394 e. The van der Waals surface area contributed by atoms with E-state index in [0.717, 1.165) is 0 Å². The minimum absolute atomic E-state index is 0.0714. The first-order valence-electron chi connectivity index (χ1n) is 10.9. The van der Waals surface area contributed by atoms with E-state index in [0.29, 0.717) is 25.8 Å². The summed E-state index contributed by atoms with van der Waals surface area (Å²) in [7, 11) is 0. The van der Waals surface area contributed by atoms with E-state index >= 15 is 0 Å². The van der Waals surface area contributed by atoms with Crippen LogP contribution in [-0.4, -0.2) is 89.5 Å². The highest BCUT2D eigenvalue weighted by atomic mass is 16.7. The number of cyclic esters (lactones) is 2. The molecule has 0 aromatic carbocycles. The van der Waals surface area contributed by atoms with Gasteiger partial charge in [-0.1, -0.05) is 0 Å². The Bertz CT molecular complexity index is 768. The summed E-state index contributed by atoms with van der Waals surface area (Å²) in [4.78, 5) is 46.1. The molecule has 0 spiro atoms. The first-order chi connectivity index (χ1) is 15.6. The fraction of sp³-hybridized carbons (Fsp3) is 0.714. The average Bonchev–Trinajstić information content (AvgIpc) is 3.01. The van der Waals surface area contributed by atoms with Gasteiger partial charge < -0.3 is 40.2 Å². The monoisotopic (exact) mass is 472 g/mol. The molecule has 0 aromatic rings. The van der Waals surface area contributed by atoms with E-state index in [4.69, 9.17) is 9.47 Å². The lowest BCUT2D eigenvalue weighted by atomic mass is 9.97. The summed E-state index contributed by atoms with van der Waals surface area (Å²) in [5.41, 5.74) is 0.471. The number of ether oxygens (including phenoxy) is 3. The van der Waals surface area contributed by atoms with Crippen LogP contribution in [0.1, 0.15) is 46.0 Å². The number of carbonyl (C=O) groups excluding carboxylic acids is 4. The third-order valence-electron chi connectivity index (χ3n) is 5.47. The topological polar surface area (TPSA) is 181 Å². The number of amides is 2. The molecule has 12 heteroatoms. The zero-order valence-electron chi connectivity index (χ0n) is 18.7. The van der Waals surface area contributed by atoms with Crippen molar-refractivity contribution in [3.05, 3.63) is 11.1 Å². The molecule has 5 atom stereocenters. The average molecular weight is 472 g/mol. The van der Waals surface area contributed by atoms with E-state index in [-0.39, 0.29) is 36.5 Å². The molecule has 0 unspecified atom stereocenters. The number of esters is 2. The number of aliphatic hydroxyl groups is 3. The Balaban J connectivity index is 1.64. The first kappa shape index (κ1) is 26.9. The molecule has 2 aliphatic rings. The van der Waals surface area contributed by atoms with Crippen molar-refractivity contribution < 1.29 is 48.7 Å². The van der Waals surface area contributed by atoms with Crippen molar-refractivity contribution in [2.45, 2.75) is 76.6 Å². The molecular formula is C21H32N2O10. The van der Waals surface area contributed by atoms with Crippen molar-refractivity contribution >= 4 is 23.8 Å². The summed E-state index contributed by atoms with van der Waals surface area (Å²) in [6.45, 7) is 2.90. The molecule has 2 rings (SSSR count). The molecule has 0 bridgehead atoms.